The molecule has 3 nitrogen and oxygen atoms in total. The zero-order valence-corrected chi connectivity index (χ0v) is 13.1. The lowest BCUT2D eigenvalue weighted by molar-refractivity contribution is -0.137. The van der Waals surface area contributed by atoms with Crippen LogP contribution in [0.25, 0.3) is 6.08 Å². The average molecular weight is 296 g/mol. The third kappa shape index (κ3) is 6.22. The number of carbonyl (C=O) groups is 1. The van der Waals surface area contributed by atoms with Crippen molar-refractivity contribution in [2.24, 2.45) is 0 Å². The number of hydrogen-bond donors (Lipinski definition) is 0. The molecule has 0 amide bonds. The SMILES string of the molecule is CCCCOC(=O)/C=C/c1cc(Cl)ccc1CN(C)C. The van der Waals surface area contributed by atoms with Crippen LogP contribution < -0.4 is 0 Å². The van der Waals surface area contributed by atoms with Crippen LogP contribution in [0.4, 0.5) is 0 Å². The van der Waals surface area contributed by atoms with Gasteiger partial charge >= 0.3 is 5.97 Å². The van der Waals surface area contributed by atoms with E-state index in [1.54, 1.807) is 6.08 Å². The number of carbonyl (C=O) groups excluding carboxylic acids is 1. The molecular formula is C16H22ClNO2. The van der Waals surface area contributed by atoms with Gasteiger partial charge in [0.25, 0.3) is 0 Å². The lowest BCUT2D eigenvalue weighted by Gasteiger charge is -2.12. The molecule has 0 bridgehead atoms. The molecule has 0 saturated carbocycles. The highest BCUT2D eigenvalue weighted by molar-refractivity contribution is 6.30. The van der Waals surface area contributed by atoms with E-state index < -0.39 is 0 Å². The number of ether oxygens (including phenoxy) is 1. The Morgan fingerprint density at radius 1 is 1.40 bits per heavy atom. The number of hydrogen-bond acceptors (Lipinski definition) is 3. The van der Waals surface area contributed by atoms with E-state index in [9.17, 15) is 4.79 Å². The normalized spacial score (nSPS) is 11.2. The van der Waals surface area contributed by atoms with Crippen LogP contribution in [-0.2, 0) is 16.1 Å². The highest BCUT2D eigenvalue weighted by atomic mass is 35.5. The van der Waals surface area contributed by atoms with Gasteiger partial charge < -0.3 is 9.64 Å². The number of esters is 1. The molecule has 0 aliphatic rings. The summed E-state index contributed by atoms with van der Waals surface area (Å²) < 4.78 is 5.09. The number of nitrogens with zero attached hydrogens (tertiary/aromatic N) is 1. The zero-order valence-electron chi connectivity index (χ0n) is 12.4. The molecule has 0 N–H and O–H groups in total. The molecule has 0 aromatic heterocycles. The summed E-state index contributed by atoms with van der Waals surface area (Å²) in [4.78, 5) is 13.6. The van der Waals surface area contributed by atoms with Gasteiger partial charge in [0, 0.05) is 17.6 Å². The van der Waals surface area contributed by atoms with Gasteiger partial charge in [0.1, 0.15) is 0 Å². The highest BCUT2D eigenvalue weighted by Gasteiger charge is 2.03. The standard InChI is InChI=1S/C16H22ClNO2/c1-4-5-10-20-16(19)9-7-13-11-15(17)8-6-14(13)12-18(2)3/h6-9,11H,4-5,10,12H2,1-3H3/b9-7+. The monoisotopic (exact) mass is 295 g/mol. The lowest BCUT2D eigenvalue weighted by Crippen LogP contribution is -2.11. The smallest absolute Gasteiger partial charge is 0.330 e. The Hall–Kier alpha value is -1.32. The van der Waals surface area contributed by atoms with Crippen LogP contribution in [0, 0.1) is 0 Å². The van der Waals surface area contributed by atoms with Crippen LogP contribution in [0.1, 0.15) is 30.9 Å². The van der Waals surface area contributed by atoms with Crippen molar-refractivity contribution in [1.29, 1.82) is 0 Å². The summed E-state index contributed by atoms with van der Waals surface area (Å²) in [5, 5.41) is 0.659. The number of benzene rings is 1. The average Bonchev–Trinajstić information content (AvgIpc) is 2.39. The van der Waals surface area contributed by atoms with Crippen LogP contribution in [0.3, 0.4) is 0 Å². The second-order valence-corrected chi connectivity index (χ2v) is 5.37. The molecule has 1 aromatic carbocycles. The summed E-state index contributed by atoms with van der Waals surface area (Å²) in [7, 11) is 4.00. The number of halogens is 1. The van der Waals surface area contributed by atoms with Gasteiger partial charge in [-0.25, -0.2) is 4.79 Å². The van der Waals surface area contributed by atoms with Crippen LogP contribution >= 0.6 is 11.6 Å². The molecule has 4 heteroatoms. The summed E-state index contributed by atoms with van der Waals surface area (Å²) in [6, 6.07) is 5.69. The van der Waals surface area contributed by atoms with Crippen LogP contribution in [-0.4, -0.2) is 31.6 Å². The van der Waals surface area contributed by atoms with E-state index >= 15 is 0 Å². The first-order valence-corrected chi connectivity index (χ1v) is 7.18. The summed E-state index contributed by atoms with van der Waals surface area (Å²) >= 11 is 6.01. The Morgan fingerprint density at radius 3 is 2.80 bits per heavy atom. The van der Waals surface area contributed by atoms with Crippen molar-refractivity contribution in [3.8, 4) is 0 Å². The van der Waals surface area contributed by atoms with Crippen LogP contribution in [0.5, 0.6) is 0 Å². The van der Waals surface area contributed by atoms with Gasteiger partial charge in [0.2, 0.25) is 0 Å². The summed E-state index contributed by atoms with van der Waals surface area (Å²) in [6.07, 6.45) is 5.13. The molecule has 0 atom stereocenters. The van der Waals surface area contributed by atoms with Crippen molar-refractivity contribution in [1.82, 2.24) is 4.90 Å². The van der Waals surface area contributed by atoms with Gasteiger partial charge in [-0.1, -0.05) is 31.0 Å². The van der Waals surface area contributed by atoms with Crippen LogP contribution in [0.15, 0.2) is 24.3 Å². The molecular weight excluding hydrogens is 274 g/mol. The van der Waals surface area contributed by atoms with Crippen molar-refractivity contribution in [3.05, 3.63) is 40.4 Å². The number of rotatable bonds is 7. The Morgan fingerprint density at radius 2 is 2.15 bits per heavy atom. The van der Waals surface area contributed by atoms with E-state index in [0.717, 1.165) is 30.5 Å². The maximum absolute atomic E-state index is 11.6. The maximum atomic E-state index is 11.6. The molecule has 0 aliphatic carbocycles. The minimum atomic E-state index is -0.311. The van der Waals surface area contributed by atoms with E-state index in [4.69, 9.17) is 16.3 Å². The topological polar surface area (TPSA) is 29.5 Å². The first-order valence-electron chi connectivity index (χ1n) is 6.81. The molecule has 20 heavy (non-hydrogen) atoms. The van der Waals surface area contributed by atoms with Gasteiger partial charge in [0.05, 0.1) is 6.61 Å². The lowest BCUT2D eigenvalue weighted by atomic mass is 10.1. The van der Waals surface area contributed by atoms with E-state index in [1.807, 2.05) is 32.3 Å². The molecule has 0 heterocycles. The molecule has 110 valence electrons. The van der Waals surface area contributed by atoms with Crippen LogP contribution in [0.2, 0.25) is 5.02 Å². The molecule has 0 fully saturated rings. The summed E-state index contributed by atoms with van der Waals surface area (Å²) in [5.41, 5.74) is 2.07. The van der Waals surface area contributed by atoms with Gasteiger partial charge in [0.15, 0.2) is 0 Å². The summed E-state index contributed by atoms with van der Waals surface area (Å²) in [5.74, 6) is -0.311. The fourth-order valence-electron chi connectivity index (χ4n) is 1.73. The minimum absolute atomic E-state index is 0.311. The Bertz CT molecular complexity index is 470. The second kappa shape index (κ2) is 8.77. The Kier molecular flexibility index (Phi) is 7.34. The highest BCUT2D eigenvalue weighted by Crippen LogP contribution is 2.18. The van der Waals surface area contributed by atoms with E-state index in [1.165, 1.54) is 6.08 Å². The summed E-state index contributed by atoms with van der Waals surface area (Å²) in [6.45, 7) is 3.32. The van der Waals surface area contributed by atoms with Crippen molar-refractivity contribution >= 4 is 23.6 Å². The fourth-order valence-corrected chi connectivity index (χ4v) is 1.91. The number of unbranched alkanes of at least 4 members (excludes halogenated alkanes) is 1. The third-order valence-corrected chi connectivity index (χ3v) is 2.97. The van der Waals surface area contributed by atoms with Gasteiger partial charge in [-0.05, 0) is 49.9 Å². The van der Waals surface area contributed by atoms with Crippen molar-refractivity contribution in [2.45, 2.75) is 26.3 Å². The third-order valence-electron chi connectivity index (χ3n) is 2.74. The van der Waals surface area contributed by atoms with Gasteiger partial charge in [-0.3, -0.25) is 0 Å². The predicted molar refractivity (Wildman–Crippen MR) is 83.7 cm³/mol. The van der Waals surface area contributed by atoms with E-state index in [2.05, 4.69) is 11.8 Å². The van der Waals surface area contributed by atoms with Crippen molar-refractivity contribution < 1.29 is 9.53 Å². The van der Waals surface area contributed by atoms with E-state index in [-0.39, 0.29) is 5.97 Å². The molecule has 1 aromatic rings. The predicted octanol–water partition coefficient (Wildman–Crippen LogP) is 3.76. The molecule has 0 radical (unpaired) electrons. The van der Waals surface area contributed by atoms with Crippen molar-refractivity contribution in [2.75, 3.05) is 20.7 Å². The molecule has 1 rings (SSSR count). The first-order chi connectivity index (χ1) is 9.52. The van der Waals surface area contributed by atoms with E-state index in [0.29, 0.717) is 11.6 Å². The molecule has 0 aliphatic heterocycles. The minimum Gasteiger partial charge on any atom is -0.463 e. The quantitative estimate of drug-likeness (QED) is 0.436. The fraction of sp³-hybridized carbons (Fsp3) is 0.438. The van der Waals surface area contributed by atoms with Gasteiger partial charge in [-0.2, -0.15) is 0 Å². The zero-order chi connectivity index (χ0) is 15.0. The molecule has 0 spiro atoms. The van der Waals surface area contributed by atoms with Gasteiger partial charge in [-0.15, -0.1) is 0 Å². The largest absolute Gasteiger partial charge is 0.463 e. The van der Waals surface area contributed by atoms with Crippen molar-refractivity contribution in [3.63, 3.8) is 0 Å². The second-order valence-electron chi connectivity index (χ2n) is 4.94. The Labute approximate surface area is 126 Å². The Balaban J connectivity index is 2.74. The maximum Gasteiger partial charge on any atom is 0.330 e. The first kappa shape index (κ1) is 16.7. The molecule has 0 saturated heterocycles. The molecule has 0 unspecified atom stereocenters.